The zero-order chi connectivity index (χ0) is 19.5. The molecule has 0 atom stereocenters. The van der Waals surface area contributed by atoms with Gasteiger partial charge in [0.05, 0.1) is 19.0 Å². The largest absolute Gasteiger partial charge is 0.497 e. The molecule has 146 valence electrons. The standard InChI is InChI=1S/C21H24N4O3/c1-28-18-4-2-3-16(13-18)20(26)23-17-7-8-19(22-14-17)24-9-11-25(12-10-24)21(27)15-5-6-15/h2-4,7-8,13-15H,5-6,9-12H2,1H3,(H,23,26). The van der Waals surface area contributed by atoms with Gasteiger partial charge in [-0.05, 0) is 43.2 Å². The molecule has 7 heteroatoms. The Labute approximate surface area is 164 Å². The Hall–Kier alpha value is -3.09. The van der Waals surface area contributed by atoms with Crippen LogP contribution in [0.15, 0.2) is 42.6 Å². The van der Waals surface area contributed by atoms with Crippen molar-refractivity contribution >= 4 is 23.3 Å². The summed E-state index contributed by atoms with van der Waals surface area (Å²) in [5.41, 5.74) is 1.17. The number of hydrogen-bond acceptors (Lipinski definition) is 5. The van der Waals surface area contributed by atoms with Crippen LogP contribution in [0.25, 0.3) is 0 Å². The van der Waals surface area contributed by atoms with Crippen LogP contribution in [0.1, 0.15) is 23.2 Å². The SMILES string of the molecule is COc1cccc(C(=O)Nc2ccc(N3CCN(C(=O)C4CC4)CC3)nc2)c1. The molecule has 4 rings (SSSR count). The van der Waals surface area contributed by atoms with Crippen molar-refractivity contribution in [3.05, 3.63) is 48.2 Å². The van der Waals surface area contributed by atoms with Gasteiger partial charge >= 0.3 is 0 Å². The first kappa shape index (κ1) is 18.3. The van der Waals surface area contributed by atoms with Crippen molar-refractivity contribution in [2.75, 3.05) is 43.5 Å². The second-order valence-corrected chi connectivity index (χ2v) is 7.18. The molecule has 1 aromatic carbocycles. The predicted molar refractivity (Wildman–Crippen MR) is 107 cm³/mol. The number of ether oxygens (including phenoxy) is 1. The molecular weight excluding hydrogens is 356 g/mol. The van der Waals surface area contributed by atoms with Crippen LogP contribution in [-0.2, 0) is 4.79 Å². The lowest BCUT2D eigenvalue weighted by Crippen LogP contribution is -2.49. The first-order chi connectivity index (χ1) is 13.6. The van der Waals surface area contributed by atoms with E-state index in [1.807, 2.05) is 17.0 Å². The molecule has 2 aliphatic rings. The molecule has 2 aromatic rings. The van der Waals surface area contributed by atoms with Gasteiger partial charge in [0, 0.05) is 37.7 Å². The Kier molecular flexibility index (Phi) is 5.14. The molecule has 0 radical (unpaired) electrons. The van der Waals surface area contributed by atoms with E-state index in [4.69, 9.17) is 4.74 Å². The number of methoxy groups -OCH3 is 1. The van der Waals surface area contributed by atoms with Crippen molar-refractivity contribution < 1.29 is 14.3 Å². The summed E-state index contributed by atoms with van der Waals surface area (Å²) in [7, 11) is 1.57. The first-order valence-electron chi connectivity index (χ1n) is 9.59. The molecule has 1 N–H and O–H groups in total. The number of amides is 2. The van der Waals surface area contributed by atoms with Gasteiger partial charge in [-0.15, -0.1) is 0 Å². The lowest BCUT2D eigenvalue weighted by molar-refractivity contribution is -0.132. The second-order valence-electron chi connectivity index (χ2n) is 7.18. The third-order valence-corrected chi connectivity index (χ3v) is 5.18. The fourth-order valence-electron chi connectivity index (χ4n) is 3.36. The van der Waals surface area contributed by atoms with Gasteiger partial charge in [0.1, 0.15) is 11.6 Å². The van der Waals surface area contributed by atoms with E-state index in [0.29, 0.717) is 22.9 Å². The highest BCUT2D eigenvalue weighted by molar-refractivity contribution is 6.04. The van der Waals surface area contributed by atoms with Gasteiger partial charge in [-0.1, -0.05) is 6.07 Å². The number of nitrogens with one attached hydrogen (secondary N) is 1. The fraction of sp³-hybridized carbons (Fsp3) is 0.381. The Balaban J connectivity index is 1.33. The molecule has 28 heavy (non-hydrogen) atoms. The van der Waals surface area contributed by atoms with Crippen molar-refractivity contribution in [1.82, 2.24) is 9.88 Å². The van der Waals surface area contributed by atoms with E-state index >= 15 is 0 Å². The number of hydrogen-bond donors (Lipinski definition) is 1. The zero-order valence-corrected chi connectivity index (χ0v) is 15.9. The average molecular weight is 380 g/mol. The molecule has 1 saturated carbocycles. The summed E-state index contributed by atoms with van der Waals surface area (Å²) in [6, 6.07) is 10.8. The third-order valence-electron chi connectivity index (χ3n) is 5.18. The topological polar surface area (TPSA) is 74.8 Å². The van der Waals surface area contributed by atoms with E-state index in [-0.39, 0.29) is 11.8 Å². The number of carbonyl (C=O) groups is 2. The number of piperazine rings is 1. The molecule has 1 aliphatic heterocycles. The highest BCUT2D eigenvalue weighted by Gasteiger charge is 2.34. The van der Waals surface area contributed by atoms with E-state index < -0.39 is 0 Å². The maximum atomic E-state index is 12.4. The number of aromatic nitrogens is 1. The second kappa shape index (κ2) is 7.88. The number of benzene rings is 1. The van der Waals surface area contributed by atoms with Crippen LogP contribution in [0.2, 0.25) is 0 Å². The average Bonchev–Trinajstić information content (AvgIpc) is 3.59. The number of anilines is 2. The Bertz CT molecular complexity index is 856. The molecule has 1 aliphatic carbocycles. The first-order valence-corrected chi connectivity index (χ1v) is 9.59. The smallest absolute Gasteiger partial charge is 0.255 e. The third kappa shape index (κ3) is 4.08. The van der Waals surface area contributed by atoms with Gasteiger partial charge in [-0.3, -0.25) is 9.59 Å². The minimum Gasteiger partial charge on any atom is -0.497 e. The number of rotatable bonds is 5. The van der Waals surface area contributed by atoms with Gasteiger partial charge in [0.2, 0.25) is 5.91 Å². The van der Waals surface area contributed by atoms with Crippen LogP contribution in [-0.4, -0.2) is 55.0 Å². The highest BCUT2D eigenvalue weighted by atomic mass is 16.5. The van der Waals surface area contributed by atoms with E-state index in [1.54, 1.807) is 37.6 Å². The molecule has 1 saturated heterocycles. The minimum atomic E-state index is -0.208. The summed E-state index contributed by atoms with van der Waals surface area (Å²) < 4.78 is 5.15. The molecule has 7 nitrogen and oxygen atoms in total. The van der Waals surface area contributed by atoms with Gasteiger partial charge < -0.3 is 19.9 Å². The number of pyridine rings is 1. The van der Waals surface area contributed by atoms with E-state index in [0.717, 1.165) is 44.8 Å². The summed E-state index contributed by atoms with van der Waals surface area (Å²) in [6.07, 6.45) is 3.75. The van der Waals surface area contributed by atoms with Crippen molar-refractivity contribution in [1.29, 1.82) is 0 Å². The van der Waals surface area contributed by atoms with Crippen LogP contribution in [0, 0.1) is 5.92 Å². The summed E-state index contributed by atoms with van der Waals surface area (Å²) in [5, 5.41) is 2.85. The Morgan fingerprint density at radius 1 is 1.11 bits per heavy atom. The lowest BCUT2D eigenvalue weighted by atomic mass is 10.2. The summed E-state index contributed by atoms with van der Waals surface area (Å²) in [5.74, 6) is 1.87. The summed E-state index contributed by atoms with van der Waals surface area (Å²) >= 11 is 0. The Morgan fingerprint density at radius 3 is 2.54 bits per heavy atom. The van der Waals surface area contributed by atoms with E-state index in [1.165, 1.54) is 0 Å². The molecule has 0 bridgehead atoms. The van der Waals surface area contributed by atoms with Crippen LogP contribution in [0.5, 0.6) is 5.75 Å². The van der Waals surface area contributed by atoms with E-state index in [2.05, 4.69) is 15.2 Å². The van der Waals surface area contributed by atoms with Crippen molar-refractivity contribution in [2.45, 2.75) is 12.8 Å². The maximum Gasteiger partial charge on any atom is 0.255 e. The molecule has 0 unspecified atom stereocenters. The van der Waals surface area contributed by atoms with Crippen LogP contribution < -0.4 is 15.0 Å². The molecule has 2 fully saturated rings. The fourth-order valence-corrected chi connectivity index (χ4v) is 3.36. The number of carbonyl (C=O) groups excluding carboxylic acids is 2. The van der Waals surface area contributed by atoms with E-state index in [9.17, 15) is 9.59 Å². The normalized spacial score (nSPS) is 16.6. The van der Waals surface area contributed by atoms with Crippen LogP contribution in [0.3, 0.4) is 0 Å². The zero-order valence-electron chi connectivity index (χ0n) is 15.9. The Morgan fingerprint density at radius 2 is 1.89 bits per heavy atom. The molecular formula is C21H24N4O3. The molecule has 2 heterocycles. The predicted octanol–water partition coefficient (Wildman–Crippen LogP) is 2.40. The monoisotopic (exact) mass is 380 g/mol. The van der Waals surface area contributed by atoms with Crippen LogP contribution >= 0.6 is 0 Å². The van der Waals surface area contributed by atoms with Crippen molar-refractivity contribution in [2.24, 2.45) is 5.92 Å². The van der Waals surface area contributed by atoms with Crippen molar-refractivity contribution in [3.63, 3.8) is 0 Å². The molecule has 0 spiro atoms. The molecule has 1 aromatic heterocycles. The van der Waals surface area contributed by atoms with Crippen molar-refractivity contribution in [3.8, 4) is 5.75 Å². The van der Waals surface area contributed by atoms with Gasteiger partial charge in [0.15, 0.2) is 0 Å². The van der Waals surface area contributed by atoms with Gasteiger partial charge in [-0.2, -0.15) is 0 Å². The highest BCUT2D eigenvalue weighted by Crippen LogP contribution is 2.31. The van der Waals surface area contributed by atoms with Gasteiger partial charge in [0.25, 0.3) is 5.91 Å². The number of nitrogens with zero attached hydrogens (tertiary/aromatic N) is 3. The van der Waals surface area contributed by atoms with Gasteiger partial charge in [-0.25, -0.2) is 4.98 Å². The lowest BCUT2D eigenvalue weighted by Gasteiger charge is -2.35. The summed E-state index contributed by atoms with van der Waals surface area (Å²) in [4.78, 5) is 33.2. The summed E-state index contributed by atoms with van der Waals surface area (Å²) in [6.45, 7) is 3.04. The quantitative estimate of drug-likeness (QED) is 0.862. The maximum absolute atomic E-state index is 12.4. The van der Waals surface area contributed by atoms with Crippen LogP contribution in [0.4, 0.5) is 11.5 Å². The molecule has 2 amide bonds. The minimum absolute atomic E-state index is 0.208.